The van der Waals surface area contributed by atoms with Crippen LogP contribution in [0.3, 0.4) is 0 Å². The second-order valence-electron chi connectivity index (χ2n) is 7.05. The van der Waals surface area contributed by atoms with E-state index in [0.29, 0.717) is 29.4 Å². The van der Waals surface area contributed by atoms with Crippen LogP contribution in [-0.2, 0) is 11.4 Å². The number of rotatable bonds is 8. The molecule has 1 aromatic carbocycles. The van der Waals surface area contributed by atoms with Gasteiger partial charge in [-0.15, -0.1) is 4.31 Å². The number of aliphatic hydroxyl groups is 1. The first-order valence-electron chi connectivity index (χ1n) is 9.55. The molecule has 3 rings (SSSR count). The van der Waals surface area contributed by atoms with Gasteiger partial charge in [0, 0.05) is 41.8 Å². The highest BCUT2D eigenvalue weighted by Gasteiger charge is 2.26. The summed E-state index contributed by atoms with van der Waals surface area (Å²) in [7, 11) is 0. The van der Waals surface area contributed by atoms with Crippen LogP contribution < -0.4 is 0 Å². The molecule has 1 N–H and O–H groups in total. The average molecular weight is 398 g/mol. The van der Waals surface area contributed by atoms with Crippen molar-refractivity contribution >= 4 is 22.3 Å². The van der Waals surface area contributed by atoms with Gasteiger partial charge in [0.25, 0.3) is 0 Å². The third-order valence-corrected chi connectivity index (χ3v) is 6.87. The maximum atomic E-state index is 13.7. The molecule has 150 valence electrons. The zero-order valence-electron chi connectivity index (χ0n) is 16.0. The SMILES string of the molecule is CCN(CCN1CCC(c2noc3cc(F)c(C)cc23)CC1)[S+]([O-])CCO. The first kappa shape index (κ1) is 20.5. The molecule has 0 spiro atoms. The summed E-state index contributed by atoms with van der Waals surface area (Å²) in [6.45, 7) is 7.90. The summed E-state index contributed by atoms with van der Waals surface area (Å²) in [4.78, 5) is 2.38. The highest BCUT2D eigenvalue weighted by Crippen LogP contribution is 2.33. The Labute approximate surface area is 162 Å². The van der Waals surface area contributed by atoms with E-state index in [2.05, 4.69) is 10.1 Å². The first-order valence-corrected chi connectivity index (χ1v) is 10.8. The number of likely N-dealkylation sites (tertiary alicyclic amines) is 1. The van der Waals surface area contributed by atoms with Gasteiger partial charge >= 0.3 is 0 Å². The maximum absolute atomic E-state index is 13.7. The molecule has 2 aromatic rings. The number of fused-ring (bicyclic) bond motifs is 1. The summed E-state index contributed by atoms with van der Waals surface area (Å²) in [5.41, 5.74) is 2.06. The Morgan fingerprint density at radius 3 is 2.81 bits per heavy atom. The second kappa shape index (κ2) is 9.34. The van der Waals surface area contributed by atoms with Crippen molar-refractivity contribution in [1.82, 2.24) is 14.4 Å². The van der Waals surface area contributed by atoms with Gasteiger partial charge in [-0.3, -0.25) is 0 Å². The standard InChI is InChI=1S/C19H28FN3O3S/c1-3-23(27(25)11-10-24)9-8-22-6-4-15(5-7-22)19-16-12-14(2)17(20)13-18(16)26-21-19/h12-13,15,24H,3-11H2,1-2H3. The molecule has 2 heterocycles. The van der Waals surface area contributed by atoms with Crippen molar-refractivity contribution in [1.29, 1.82) is 0 Å². The molecule has 27 heavy (non-hydrogen) atoms. The minimum Gasteiger partial charge on any atom is -0.598 e. The smallest absolute Gasteiger partial charge is 0.170 e. The zero-order valence-corrected chi connectivity index (χ0v) is 16.8. The number of aliphatic hydroxyl groups excluding tert-OH is 1. The minimum atomic E-state index is -1.11. The normalized spacial score (nSPS) is 17.9. The van der Waals surface area contributed by atoms with Gasteiger partial charge < -0.3 is 19.1 Å². The molecule has 1 saturated heterocycles. The van der Waals surface area contributed by atoms with Crippen LogP contribution in [-0.4, -0.2) is 69.1 Å². The lowest BCUT2D eigenvalue weighted by Crippen LogP contribution is -2.42. The van der Waals surface area contributed by atoms with Crippen LogP contribution in [0.1, 0.15) is 36.9 Å². The molecular weight excluding hydrogens is 369 g/mol. The van der Waals surface area contributed by atoms with Crippen LogP contribution in [0.4, 0.5) is 4.39 Å². The van der Waals surface area contributed by atoms with Crippen molar-refractivity contribution in [3.05, 3.63) is 29.2 Å². The van der Waals surface area contributed by atoms with E-state index in [1.54, 1.807) is 6.92 Å². The van der Waals surface area contributed by atoms with E-state index >= 15 is 0 Å². The number of nitrogens with zero attached hydrogens (tertiary/aromatic N) is 3. The number of aromatic nitrogens is 1. The van der Waals surface area contributed by atoms with Crippen LogP contribution in [0.5, 0.6) is 0 Å². The predicted octanol–water partition coefficient (Wildman–Crippen LogP) is 2.43. The fraction of sp³-hybridized carbons (Fsp3) is 0.632. The number of aryl methyl sites for hydroxylation is 1. The van der Waals surface area contributed by atoms with Crippen molar-refractivity contribution in [2.24, 2.45) is 0 Å². The Balaban J connectivity index is 1.55. The molecule has 8 heteroatoms. The van der Waals surface area contributed by atoms with Crippen LogP contribution in [0.15, 0.2) is 16.7 Å². The van der Waals surface area contributed by atoms with Gasteiger partial charge in [-0.05, 0) is 51.4 Å². The third kappa shape index (κ3) is 4.81. The highest BCUT2D eigenvalue weighted by atomic mass is 32.2. The van der Waals surface area contributed by atoms with Gasteiger partial charge in [-0.2, -0.15) is 0 Å². The lowest BCUT2D eigenvalue weighted by atomic mass is 9.91. The minimum absolute atomic E-state index is 0.0520. The van der Waals surface area contributed by atoms with Crippen molar-refractivity contribution < 1.29 is 18.6 Å². The van der Waals surface area contributed by atoms with Crippen LogP contribution in [0.2, 0.25) is 0 Å². The molecule has 6 nitrogen and oxygen atoms in total. The van der Waals surface area contributed by atoms with E-state index in [4.69, 9.17) is 9.63 Å². The quantitative estimate of drug-likeness (QED) is 0.690. The summed E-state index contributed by atoms with van der Waals surface area (Å²) >= 11 is -1.11. The van der Waals surface area contributed by atoms with Crippen molar-refractivity contribution in [3.63, 3.8) is 0 Å². The summed E-state index contributed by atoms with van der Waals surface area (Å²) in [6.07, 6.45) is 1.95. The monoisotopic (exact) mass is 397 g/mol. The van der Waals surface area contributed by atoms with Crippen molar-refractivity contribution in [2.75, 3.05) is 45.1 Å². The third-order valence-electron chi connectivity index (χ3n) is 5.33. The molecule has 1 atom stereocenters. The number of halogens is 1. The summed E-state index contributed by atoms with van der Waals surface area (Å²) in [5.74, 6) is 0.354. The molecule has 1 fully saturated rings. The van der Waals surface area contributed by atoms with Gasteiger partial charge in [0.2, 0.25) is 0 Å². The number of hydrogen-bond donors (Lipinski definition) is 1. The Morgan fingerprint density at radius 1 is 1.41 bits per heavy atom. The molecule has 1 aliphatic rings. The molecule has 0 bridgehead atoms. The van der Waals surface area contributed by atoms with Gasteiger partial charge in [0.05, 0.1) is 18.8 Å². The van der Waals surface area contributed by atoms with E-state index in [1.165, 1.54) is 6.07 Å². The molecule has 1 aromatic heterocycles. The molecule has 0 saturated carbocycles. The van der Waals surface area contributed by atoms with Crippen molar-refractivity contribution in [2.45, 2.75) is 32.6 Å². The molecule has 0 aliphatic carbocycles. The topological polar surface area (TPSA) is 75.8 Å². The van der Waals surface area contributed by atoms with E-state index < -0.39 is 11.4 Å². The molecule has 0 radical (unpaired) electrons. The van der Waals surface area contributed by atoms with E-state index in [0.717, 1.165) is 50.1 Å². The average Bonchev–Trinajstić information content (AvgIpc) is 3.06. The van der Waals surface area contributed by atoms with Crippen LogP contribution >= 0.6 is 0 Å². The lowest BCUT2D eigenvalue weighted by Gasteiger charge is -2.32. The van der Waals surface area contributed by atoms with E-state index in [1.807, 2.05) is 17.3 Å². The Morgan fingerprint density at radius 2 is 2.15 bits per heavy atom. The molecule has 1 unspecified atom stereocenters. The summed E-state index contributed by atoms with van der Waals surface area (Å²) < 4.78 is 33.0. The number of piperidine rings is 1. The summed E-state index contributed by atoms with van der Waals surface area (Å²) in [6, 6.07) is 3.25. The first-order chi connectivity index (χ1) is 13.0. The number of likely N-dealkylation sites (N-methyl/N-ethyl adjacent to an activating group) is 1. The fourth-order valence-electron chi connectivity index (χ4n) is 3.68. The molecule has 1 aliphatic heterocycles. The zero-order chi connectivity index (χ0) is 19.4. The van der Waals surface area contributed by atoms with Gasteiger partial charge in [0.15, 0.2) is 5.58 Å². The second-order valence-corrected chi connectivity index (χ2v) is 8.62. The highest BCUT2D eigenvalue weighted by molar-refractivity contribution is 7.89. The maximum Gasteiger partial charge on any atom is 0.170 e. The van der Waals surface area contributed by atoms with Gasteiger partial charge in [0.1, 0.15) is 11.6 Å². The van der Waals surface area contributed by atoms with Crippen molar-refractivity contribution in [3.8, 4) is 0 Å². The Hall–Kier alpha value is -1.19. The molecule has 0 amide bonds. The van der Waals surface area contributed by atoms with E-state index in [-0.39, 0.29) is 12.4 Å². The van der Waals surface area contributed by atoms with Crippen LogP contribution in [0, 0.1) is 12.7 Å². The Bertz CT molecular complexity index is 749. The van der Waals surface area contributed by atoms with Gasteiger partial charge in [-0.25, -0.2) is 4.39 Å². The lowest BCUT2D eigenvalue weighted by molar-refractivity contribution is 0.197. The van der Waals surface area contributed by atoms with Crippen LogP contribution in [0.25, 0.3) is 11.0 Å². The number of hydrogen-bond acceptors (Lipinski definition) is 6. The molecular formula is C19H28FN3O3S. The summed E-state index contributed by atoms with van der Waals surface area (Å²) in [5, 5.41) is 14.1. The van der Waals surface area contributed by atoms with E-state index in [9.17, 15) is 8.94 Å². The number of benzene rings is 1. The fourth-order valence-corrected chi connectivity index (χ4v) is 4.66. The largest absolute Gasteiger partial charge is 0.598 e. The Kier molecular flexibility index (Phi) is 7.10. The van der Waals surface area contributed by atoms with Gasteiger partial charge in [-0.1, -0.05) is 5.16 Å². The predicted molar refractivity (Wildman–Crippen MR) is 104 cm³/mol.